The van der Waals surface area contributed by atoms with Gasteiger partial charge >= 0.3 is 0 Å². The van der Waals surface area contributed by atoms with Crippen LogP contribution >= 0.6 is 0 Å². The molecule has 0 saturated heterocycles. The van der Waals surface area contributed by atoms with E-state index >= 15 is 0 Å². The van der Waals surface area contributed by atoms with E-state index in [-0.39, 0.29) is 5.78 Å². The maximum Gasteiger partial charge on any atom is 0.163 e. The third kappa shape index (κ3) is 2.70. The van der Waals surface area contributed by atoms with Crippen LogP contribution in [0.5, 0.6) is 0 Å². The summed E-state index contributed by atoms with van der Waals surface area (Å²) in [6.45, 7) is 7.25. The zero-order valence-electron chi connectivity index (χ0n) is 8.20. The normalized spacial score (nSPS) is 9.43. The van der Waals surface area contributed by atoms with Crippen LogP contribution in [0.4, 0.5) is 0 Å². The molecule has 0 spiro atoms. The van der Waals surface area contributed by atoms with Crippen LogP contribution in [0, 0.1) is 0 Å². The Balaban J connectivity index is 2.71. The van der Waals surface area contributed by atoms with Crippen molar-refractivity contribution in [1.29, 1.82) is 0 Å². The largest absolute Gasteiger partial charge is 0.294 e. The summed E-state index contributed by atoms with van der Waals surface area (Å²) in [7, 11) is 0. The number of ketones is 1. The molecule has 0 aliphatic heterocycles. The minimum Gasteiger partial charge on any atom is -0.294 e. The molecule has 14 heavy (non-hydrogen) atoms. The van der Waals surface area contributed by atoms with Crippen molar-refractivity contribution < 1.29 is 4.79 Å². The lowest BCUT2D eigenvalue weighted by molar-refractivity contribution is 0.0983. The van der Waals surface area contributed by atoms with Crippen LogP contribution in [-0.4, -0.2) is 5.78 Å². The number of carbonyl (C=O) groups excluding carboxylic acids is 1. The van der Waals surface area contributed by atoms with Crippen molar-refractivity contribution in [3.05, 3.63) is 54.6 Å². The summed E-state index contributed by atoms with van der Waals surface area (Å²) >= 11 is 0. The Kier molecular flexibility index (Phi) is 3.86. The molecule has 1 heteroatoms. The van der Waals surface area contributed by atoms with Crippen LogP contribution in [0.1, 0.15) is 28.8 Å². The van der Waals surface area contributed by atoms with Gasteiger partial charge in [0.15, 0.2) is 5.78 Å². The Hall–Kier alpha value is -1.63. The van der Waals surface area contributed by atoms with Gasteiger partial charge in [0.1, 0.15) is 0 Å². The fourth-order valence-electron chi connectivity index (χ4n) is 1.18. The second-order valence-electron chi connectivity index (χ2n) is 3.08. The van der Waals surface area contributed by atoms with Gasteiger partial charge in [-0.05, 0) is 12.0 Å². The minimum absolute atomic E-state index is 0.167. The summed E-state index contributed by atoms with van der Waals surface area (Å²) in [4.78, 5) is 11.5. The molecule has 1 rings (SSSR count). The summed E-state index contributed by atoms with van der Waals surface area (Å²) in [5.41, 5.74) is 1.79. The van der Waals surface area contributed by atoms with E-state index in [1.807, 2.05) is 24.3 Å². The van der Waals surface area contributed by atoms with Gasteiger partial charge in [-0.1, -0.05) is 43.0 Å². The lowest BCUT2D eigenvalue weighted by Crippen LogP contribution is -1.97. The van der Waals surface area contributed by atoms with Gasteiger partial charge in [-0.15, -0.1) is 6.58 Å². The molecule has 1 nitrogen and oxygen atoms in total. The maximum absolute atomic E-state index is 11.5. The SMILES string of the molecule is C=CCCC(=O)c1ccc(C=C)cc1. The molecular formula is C13H14O. The van der Waals surface area contributed by atoms with Gasteiger partial charge in [0, 0.05) is 12.0 Å². The second-order valence-corrected chi connectivity index (χ2v) is 3.08. The molecule has 0 aliphatic carbocycles. The van der Waals surface area contributed by atoms with Gasteiger partial charge in [0.25, 0.3) is 0 Å². The highest BCUT2D eigenvalue weighted by atomic mass is 16.1. The fraction of sp³-hybridized carbons (Fsp3) is 0.154. The van der Waals surface area contributed by atoms with Gasteiger partial charge in [-0.25, -0.2) is 0 Å². The third-order valence-electron chi connectivity index (χ3n) is 2.04. The van der Waals surface area contributed by atoms with E-state index in [4.69, 9.17) is 0 Å². The number of carbonyl (C=O) groups is 1. The molecule has 0 radical (unpaired) electrons. The number of hydrogen-bond acceptors (Lipinski definition) is 1. The highest BCUT2D eigenvalue weighted by molar-refractivity contribution is 5.96. The minimum atomic E-state index is 0.167. The first-order valence-electron chi connectivity index (χ1n) is 4.64. The Morgan fingerprint density at radius 3 is 2.36 bits per heavy atom. The molecule has 0 amide bonds. The van der Waals surface area contributed by atoms with Crippen LogP contribution in [0.25, 0.3) is 6.08 Å². The van der Waals surface area contributed by atoms with Gasteiger partial charge in [-0.3, -0.25) is 4.79 Å². The van der Waals surface area contributed by atoms with Crippen LogP contribution in [0.2, 0.25) is 0 Å². The van der Waals surface area contributed by atoms with Gasteiger partial charge in [-0.2, -0.15) is 0 Å². The smallest absolute Gasteiger partial charge is 0.163 e. The van der Waals surface area contributed by atoms with Crippen LogP contribution in [0.15, 0.2) is 43.5 Å². The van der Waals surface area contributed by atoms with E-state index in [0.29, 0.717) is 6.42 Å². The fourth-order valence-corrected chi connectivity index (χ4v) is 1.18. The molecular weight excluding hydrogens is 172 g/mol. The predicted molar refractivity (Wildman–Crippen MR) is 60.3 cm³/mol. The summed E-state index contributed by atoms with van der Waals surface area (Å²) in [5, 5.41) is 0. The summed E-state index contributed by atoms with van der Waals surface area (Å²) in [6.07, 6.45) is 4.80. The number of benzene rings is 1. The Morgan fingerprint density at radius 2 is 1.86 bits per heavy atom. The van der Waals surface area contributed by atoms with Crippen molar-refractivity contribution in [3.63, 3.8) is 0 Å². The second kappa shape index (κ2) is 5.18. The standard InChI is InChI=1S/C13H14O/c1-3-5-6-13(14)12-9-7-11(4-2)8-10-12/h3-4,7-10H,1-2,5-6H2. The number of Topliss-reactive ketones (excluding diaryl/α,β-unsaturated/α-hetero) is 1. The van der Waals surface area contributed by atoms with Crippen LogP contribution < -0.4 is 0 Å². The molecule has 0 fully saturated rings. The Labute approximate surface area is 84.8 Å². The van der Waals surface area contributed by atoms with Crippen molar-refractivity contribution in [1.82, 2.24) is 0 Å². The topological polar surface area (TPSA) is 17.1 Å². The van der Waals surface area contributed by atoms with Gasteiger partial charge in [0.2, 0.25) is 0 Å². The maximum atomic E-state index is 11.5. The third-order valence-corrected chi connectivity index (χ3v) is 2.04. The van der Waals surface area contributed by atoms with Crippen molar-refractivity contribution in [2.24, 2.45) is 0 Å². The van der Waals surface area contributed by atoms with Crippen molar-refractivity contribution in [3.8, 4) is 0 Å². The van der Waals surface area contributed by atoms with E-state index in [9.17, 15) is 4.79 Å². The van der Waals surface area contributed by atoms with Crippen LogP contribution in [-0.2, 0) is 0 Å². The molecule has 72 valence electrons. The molecule has 0 atom stereocenters. The molecule has 0 N–H and O–H groups in total. The summed E-state index contributed by atoms with van der Waals surface area (Å²) in [5.74, 6) is 0.167. The summed E-state index contributed by atoms with van der Waals surface area (Å²) in [6, 6.07) is 7.47. The van der Waals surface area contributed by atoms with E-state index in [0.717, 1.165) is 17.5 Å². The van der Waals surface area contributed by atoms with Crippen LogP contribution in [0.3, 0.4) is 0 Å². The molecule has 0 heterocycles. The van der Waals surface area contributed by atoms with Crippen molar-refractivity contribution in [2.45, 2.75) is 12.8 Å². The average molecular weight is 186 g/mol. The van der Waals surface area contributed by atoms with Gasteiger partial charge in [0.05, 0.1) is 0 Å². The molecule has 0 aliphatic rings. The Morgan fingerprint density at radius 1 is 1.21 bits per heavy atom. The van der Waals surface area contributed by atoms with Crippen molar-refractivity contribution in [2.75, 3.05) is 0 Å². The highest BCUT2D eigenvalue weighted by Crippen LogP contribution is 2.08. The lowest BCUT2D eigenvalue weighted by Gasteiger charge is -1.99. The number of hydrogen-bond donors (Lipinski definition) is 0. The van der Waals surface area contributed by atoms with E-state index < -0.39 is 0 Å². The number of allylic oxidation sites excluding steroid dienone is 1. The van der Waals surface area contributed by atoms with E-state index in [2.05, 4.69) is 13.2 Å². The van der Waals surface area contributed by atoms with E-state index in [1.165, 1.54) is 0 Å². The number of rotatable bonds is 5. The lowest BCUT2D eigenvalue weighted by atomic mass is 10.0. The first kappa shape index (κ1) is 10.5. The summed E-state index contributed by atoms with van der Waals surface area (Å²) < 4.78 is 0. The zero-order valence-corrected chi connectivity index (χ0v) is 8.20. The highest BCUT2D eigenvalue weighted by Gasteiger charge is 2.03. The molecule has 0 bridgehead atoms. The molecule has 0 aromatic heterocycles. The molecule has 0 unspecified atom stereocenters. The Bertz CT molecular complexity index is 333. The van der Waals surface area contributed by atoms with Crippen molar-refractivity contribution >= 4 is 11.9 Å². The average Bonchev–Trinajstić information content (AvgIpc) is 2.26. The quantitative estimate of drug-likeness (QED) is 0.508. The van der Waals surface area contributed by atoms with Gasteiger partial charge < -0.3 is 0 Å². The predicted octanol–water partition coefficient (Wildman–Crippen LogP) is 3.48. The first-order valence-corrected chi connectivity index (χ1v) is 4.64. The molecule has 1 aromatic carbocycles. The zero-order chi connectivity index (χ0) is 10.4. The monoisotopic (exact) mass is 186 g/mol. The first-order chi connectivity index (χ1) is 6.77. The molecule has 0 saturated carbocycles. The van der Waals surface area contributed by atoms with E-state index in [1.54, 1.807) is 12.2 Å². The molecule has 1 aromatic rings.